The minimum Gasteiger partial charge on any atom is -0.497 e. The molecule has 2 aromatic carbocycles. The standard InChI is InChI=1S/C25H21N5O3.C2HF3O2/c1-13-10-26-24-21(13)22(27-12-28-24)14-3-5-19-18(9-14)25(31)30-23(29-19)16-7-15-8-17(32-2)4-6-20(15)33-11-16;3-2(4,5)1(6)7/h3-6,8-10,12,16H,7,11H2,1-2H3,(H,26,27,28)(H,29,30,31);(H,6,7). The van der Waals surface area contributed by atoms with E-state index in [1.165, 1.54) is 6.33 Å². The van der Waals surface area contributed by atoms with Crippen molar-refractivity contribution in [1.29, 1.82) is 0 Å². The zero-order chi connectivity index (χ0) is 28.6. The SMILES string of the molecule is COc1ccc2c(c1)CC(c1nc3ccc(-c4ncnc5[nH]cc(C)c45)cc3c(=O)[nH]1)CO2.O=C(O)C(F)(F)F. The Morgan fingerprint density at radius 1 is 1.18 bits per heavy atom. The number of aliphatic carboxylic acids is 1. The van der Waals surface area contributed by atoms with E-state index in [0.29, 0.717) is 29.8 Å². The molecule has 3 aromatic heterocycles. The van der Waals surface area contributed by atoms with Gasteiger partial charge in [-0.3, -0.25) is 4.79 Å². The van der Waals surface area contributed by atoms with E-state index in [2.05, 4.69) is 19.9 Å². The summed E-state index contributed by atoms with van der Waals surface area (Å²) in [4.78, 5) is 41.6. The number of carbonyl (C=O) groups is 1. The first-order chi connectivity index (χ1) is 19.0. The monoisotopic (exact) mass is 553 g/mol. The molecule has 0 saturated carbocycles. The molecule has 0 aliphatic carbocycles. The number of aromatic nitrogens is 5. The molecule has 4 heterocycles. The molecule has 10 nitrogen and oxygen atoms in total. The quantitative estimate of drug-likeness (QED) is 0.296. The molecule has 5 aromatic rings. The van der Waals surface area contributed by atoms with Gasteiger partial charge in [0.1, 0.15) is 29.3 Å². The van der Waals surface area contributed by atoms with Crippen LogP contribution in [-0.2, 0) is 11.2 Å². The van der Waals surface area contributed by atoms with Gasteiger partial charge in [0.15, 0.2) is 0 Å². The first kappa shape index (κ1) is 26.7. The highest BCUT2D eigenvalue weighted by Crippen LogP contribution is 2.34. The number of hydrogen-bond acceptors (Lipinski definition) is 7. The zero-order valence-corrected chi connectivity index (χ0v) is 21.2. The molecule has 13 heteroatoms. The van der Waals surface area contributed by atoms with Crippen molar-refractivity contribution in [1.82, 2.24) is 24.9 Å². The summed E-state index contributed by atoms with van der Waals surface area (Å²) in [5.41, 5.74) is 4.97. The summed E-state index contributed by atoms with van der Waals surface area (Å²) < 4.78 is 43.0. The molecule has 1 unspecified atom stereocenters. The molecule has 1 atom stereocenters. The Morgan fingerprint density at radius 2 is 1.95 bits per heavy atom. The van der Waals surface area contributed by atoms with Gasteiger partial charge in [0, 0.05) is 17.1 Å². The second-order valence-electron chi connectivity index (χ2n) is 9.09. The van der Waals surface area contributed by atoms with Crippen molar-refractivity contribution in [2.24, 2.45) is 0 Å². The minimum absolute atomic E-state index is 0.0506. The van der Waals surface area contributed by atoms with Crippen LogP contribution in [0.5, 0.6) is 11.5 Å². The number of nitrogens with zero attached hydrogens (tertiary/aromatic N) is 3. The Hall–Kier alpha value is -4.94. The third-order valence-corrected chi connectivity index (χ3v) is 6.47. The topological polar surface area (TPSA) is 143 Å². The Labute approximate surface area is 223 Å². The number of carboxylic acids is 1. The first-order valence-electron chi connectivity index (χ1n) is 12.0. The summed E-state index contributed by atoms with van der Waals surface area (Å²) in [6.07, 6.45) is -0.936. The summed E-state index contributed by atoms with van der Waals surface area (Å²) in [6, 6.07) is 11.4. The molecule has 1 aliphatic rings. The number of benzene rings is 2. The van der Waals surface area contributed by atoms with Crippen molar-refractivity contribution in [2.75, 3.05) is 13.7 Å². The van der Waals surface area contributed by atoms with Gasteiger partial charge < -0.3 is 24.5 Å². The molecule has 3 N–H and O–H groups in total. The molecule has 0 bridgehead atoms. The molecule has 1 aliphatic heterocycles. The largest absolute Gasteiger partial charge is 0.497 e. The molecule has 6 rings (SSSR count). The molecular weight excluding hydrogens is 531 g/mol. The van der Waals surface area contributed by atoms with Gasteiger partial charge in [0.2, 0.25) is 0 Å². The zero-order valence-electron chi connectivity index (χ0n) is 21.2. The molecule has 0 fully saturated rings. The van der Waals surface area contributed by atoms with Crippen molar-refractivity contribution in [2.45, 2.75) is 25.4 Å². The summed E-state index contributed by atoms with van der Waals surface area (Å²) in [6.45, 7) is 2.46. The molecule has 0 saturated heterocycles. The average Bonchev–Trinajstić information content (AvgIpc) is 3.33. The van der Waals surface area contributed by atoms with Crippen LogP contribution in [-0.4, -0.2) is 55.9 Å². The number of hydrogen-bond donors (Lipinski definition) is 3. The molecule has 206 valence electrons. The Bertz CT molecular complexity index is 1800. The second kappa shape index (κ2) is 10.3. The molecule has 0 radical (unpaired) electrons. The van der Waals surface area contributed by atoms with Gasteiger partial charge in [-0.2, -0.15) is 13.2 Å². The van der Waals surface area contributed by atoms with E-state index in [9.17, 15) is 18.0 Å². The number of aromatic amines is 2. The number of H-pyrrole nitrogens is 2. The number of ether oxygens (including phenoxy) is 2. The minimum atomic E-state index is -5.08. The fraction of sp³-hybridized carbons (Fsp3) is 0.222. The van der Waals surface area contributed by atoms with Gasteiger partial charge in [-0.05, 0) is 54.8 Å². The van der Waals surface area contributed by atoms with E-state index in [4.69, 9.17) is 24.4 Å². The number of rotatable bonds is 3. The number of carboxylic acid groups (broad SMARTS) is 1. The van der Waals surface area contributed by atoms with Crippen LogP contribution in [0, 0.1) is 6.92 Å². The number of methoxy groups -OCH3 is 1. The van der Waals surface area contributed by atoms with Gasteiger partial charge in [-0.25, -0.2) is 19.7 Å². The van der Waals surface area contributed by atoms with Crippen LogP contribution in [0.1, 0.15) is 22.9 Å². The van der Waals surface area contributed by atoms with Crippen LogP contribution in [0.15, 0.2) is 53.7 Å². The summed E-state index contributed by atoms with van der Waals surface area (Å²) in [7, 11) is 1.64. The lowest BCUT2D eigenvalue weighted by molar-refractivity contribution is -0.192. The van der Waals surface area contributed by atoms with Crippen LogP contribution in [0.25, 0.3) is 33.2 Å². The number of nitrogens with one attached hydrogen (secondary N) is 2. The van der Waals surface area contributed by atoms with Gasteiger partial charge in [-0.15, -0.1) is 0 Å². The predicted molar refractivity (Wildman–Crippen MR) is 139 cm³/mol. The maximum absolute atomic E-state index is 13.1. The summed E-state index contributed by atoms with van der Waals surface area (Å²) >= 11 is 0. The smallest absolute Gasteiger partial charge is 0.490 e. The van der Waals surface area contributed by atoms with Gasteiger partial charge in [0.25, 0.3) is 5.56 Å². The highest BCUT2D eigenvalue weighted by Gasteiger charge is 2.38. The van der Waals surface area contributed by atoms with Crippen molar-refractivity contribution in [3.8, 4) is 22.8 Å². The second-order valence-corrected chi connectivity index (χ2v) is 9.09. The Morgan fingerprint density at radius 3 is 2.67 bits per heavy atom. The van der Waals surface area contributed by atoms with Crippen LogP contribution in [0.2, 0.25) is 0 Å². The predicted octanol–water partition coefficient (Wildman–Crippen LogP) is 4.53. The van der Waals surface area contributed by atoms with E-state index in [1.807, 2.05) is 49.5 Å². The van der Waals surface area contributed by atoms with Crippen molar-refractivity contribution >= 4 is 27.9 Å². The molecule has 0 amide bonds. The number of halogens is 3. The van der Waals surface area contributed by atoms with Crippen molar-refractivity contribution in [3.05, 3.63) is 76.2 Å². The van der Waals surface area contributed by atoms with E-state index < -0.39 is 12.1 Å². The van der Waals surface area contributed by atoms with E-state index in [-0.39, 0.29) is 11.5 Å². The molecular formula is C27H22F3N5O5. The Kier molecular flexibility index (Phi) is 6.88. The summed E-state index contributed by atoms with van der Waals surface area (Å²) in [5.74, 6) is -0.560. The fourth-order valence-electron chi connectivity index (χ4n) is 4.51. The normalized spacial score (nSPS) is 14.7. The highest BCUT2D eigenvalue weighted by atomic mass is 19.4. The lowest BCUT2D eigenvalue weighted by atomic mass is 9.95. The molecule has 40 heavy (non-hydrogen) atoms. The van der Waals surface area contributed by atoms with Crippen LogP contribution >= 0.6 is 0 Å². The number of fused-ring (bicyclic) bond motifs is 3. The van der Waals surface area contributed by atoms with Crippen molar-refractivity contribution < 1.29 is 32.5 Å². The van der Waals surface area contributed by atoms with Gasteiger partial charge in [0.05, 0.1) is 36.2 Å². The maximum Gasteiger partial charge on any atom is 0.490 e. The van der Waals surface area contributed by atoms with E-state index in [1.54, 1.807) is 7.11 Å². The summed E-state index contributed by atoms with van der Waals surface area (Å²) in [5, 5.41) is 8.60. The number of alkyl halides is 3. The maximum atomic E-state index is 13.1. The van der Waals surface area contributed by atoms with Gasteiger partial charge >= 0.3 is 12.1 Å². The average molecular weight is 553 g/mol. The first-order valence-corrected chi connectivity index (χ1v) is 12.0. The highest BCUT2D eigenvalue weighted by molar-refractivity contribution is 5.95. The third-order valence-electron chi connectivity index (χ3n) is 6.47. The lowest BCUT2D eigenvalue weighted by Crippen LogP contribution is -2.24. The lowest BCUT2D eigenvalue weighted by Gasteiger charge is -2.25. The third kappa shape index (κ3) is 5.17. The van der Waals surface area contributed by atoms with E-state index >= 15 is 0 Å². The molecule has 0 spiro atoms. The fourth-order valence-corrected chi connectivity index (χ4v) is 4.51. The van der Waals surface area contributed by atoms with E-state index in [0.717, 1.165) is 44.9 Å². The van der Waals surface area contributed by atoms with Crippen LogP contribution in [0.3, 0.4) is 0 Å². The van der Waals surface area contributed by atoms with Crippen molar-refractivity contribution in [3.63, 3.8) is 0 Å². The van der Waals surface area contributed by atoms with Crippen LogP contribution < -0.4 is 15.0 Å². The van der Waals surface area contributed by atoms with Crippen LogP contribution in [0.4, 0.5) is 13.2 Å². The van der Waals surface area contributed by atoms with Gasteiger partial charge in [-0.1, -0.05) is 6.07 Å². The Balaban J connectivity index is 0.000000411. The number of aryl methyl sites for hydroxylation is 1.